The lowest BCUT2D eigenvalue weighted by Crippen LogP contribution is -2.40. The van der Waals surface area contributed by atoms with Crippen molar-refractivity contribution in [1.29, 1.82) is 0 Å². The number of carbonyl (C=O) groups excluding carboxylic acids is 2. The Hall–Kier alpha value is -3.06. The molecule has 0 aliphatic carbocycles. The molecule has 2 aromatic rings. The van der Waals surface area contributed by atoms with Crippen molar-refractivity contribution < 1.29 is 19.1 Å². The fourth-order valence-corrected chi connectivity index (χ4v) is 3.80. The number of ether oxygens (including phenoxy) is 2. The van der Waals surface area contributed by atoms with Crippen molar-refractivity contribution in [3.8, 4) is 5.75 Å². The molecule has 1 N–H and O–H groups in total. The molecule has 33 heavy (non-hydrogen) atoms. The molecular formula is C26H35N3O4. The van der Waals surface area contributed by atoms with Crippen LogP contribution in [0.3, 0.4) is 0 Å². The van der Waals surface area contributed by atoms with Crippen molar-refractivity contribution in [2.75, 3.05) is 56.2 Å². The summed E-state index contributed by atoms with van der Waals surface area (Å²) in [5.74, 6) is 0.624. The number of nitrogens with zero attached hydrogens (tertiary/aromatic N) is 2. The lowest BCUT2D eigenvalue weighted by Gasteiger charge is -2.29. The summed E-state index contributed by atoms with van der Waals surface area (Å²) in [4.78, 5) is 29.0. The fraction of sp³-hybridized carbons (Fsp3) is 0.462. The van der Waals surface area contributed by atoms with Crippen LogP contribution in [0.15, 0.2) is 48.5 Å². The van der Waals surface area contributed by atoms with E-state index in [2.05, 4.69) is 24.1 Å². The van der Waals surface area contributed by atoms with E-state index in [-0.39, 0.29) is 25.0 Å². The molecule has 178 valence electrons. The zero-order valence-corrected chi connectivity index (χ0v) is 19.9. The maximum absolute atomic E-state index is 12.7. The van der Waals surface area contributed by atoms with Gasteiger partial charge in [-0.25, -0.2) is 0 Å². The van der Waals surface area contributed by atoms with Crippen LogP contribution in [-0.4, -0.2) is 62.7 Å². The first-order valence-electron chi connectivity index (χ1n) is 11.7. The quantitative estimate of drug-likeness (QED) is 0.591. The summed E-state index contributed by atoms with van der Waals surface area (Å²) in [5.41, 5.74) is 2.91. The number of amides is 2. The number of nitrogens with one attached hydrogen (secondary N) is 1. The Bertz CT molecular complexity index is 910. The molecule has 0 spiro atoms. The van der Waals surface area contributed by atoms with Gasteiger partial charge in [-0.2, -0.15) is 0 Å². The smallest absolute Gasteiger partial charge is 0.260 e. The molecule has 7 nitrogen and oxygen atoms in total. The topological polar surface area (TPSA) is 71.1 Å². The number of morpholine rings is 1. The molecule has 2 aromatic carbocycles. The first kappa shape index (κ1) is 24.6. The third-order valence-electron chi connectivity index (χ3n) is 6.01. The van der Waals surface area contributed by atoms with Gasteiger partial charge in [0, 0.05) is 31.0 Å². The highest BCUT2D eigenvalue weighted by molar-refractivity contribution is 5.94. The van der Waals surface area contributed by atoms with Crippen LogP contribution >= 0.6 is 0 Å². The van der Waals surface area contributed by atoms with E-state index in [9.17, 15) is 9.59 Å². The van der Waals surface area contributed by atoms with Gasteiger partial charge >= 0.3 is 0 Å². The Balaban J connectivity index is 1.51. The molecule has 1 saturated heterocycles. The van der Waals surface area contributed by atoms with Crippen molar-refractivity contribution in [3.63, 3.8) is 0 Å². The van der Waals surface area contributed by atoms with Crippen molar-refractivity contribution in [2.24, 2.45) is 0 Å². The van der Waals surface area contributed by atoms with E-state index < -0.39 is 0 Å². The monoisotopic (exact) mass is 453 g/mol. The minimum absolute atomic E-state index is 0.0169. The van der Waals surface area contributed by atoms with Crippen molar-refractivity contribution >= 4 is 23.2 Å². The Kier molecular flexibility index (Phi) is 9.13. The van der Waals surface area contributed by atoms with Gasteiger partial charge in [0.1, 0.15) is 5.75 Å². The molecule has 1 aliphatic rings. The van der Waals surface area contributed by atoms with Crippen molar-refractivity contribution in [1.82, 2.24) is 4.90 Å². The van der Waals surface area contributed by atoms with Crippen molar-refractivity contribution in [3.05, 3.63) is 54.1 Å². The van der Waals surface area contributed by atoms with Crippen LogP contribution in [0.4, 0.5) is 11.4 Å². The number of carbonyl (C=O) groups is 2. The molecule has 1 unspecified atom stereocenters. The Morgan fingerprint density at radius 1 is 1.09 bits per heavy atom. The molecule has 2 amide bonds. The molecule has 1 heterocycles. The molecule has 0 aromatic heterocycles. The first-order chi connectivity index (χ1) is 16.0. The van der Waals surface area contributed by atoms with Gasteiger partial charge < -0.3 is 24.6 Å². The normalized spacial score (nSPS) is 14.5. The van der Waals surface area contributed by atoms with Gasteiger partial charge in [0.25, 0.3) is 5.91 Å². The molecule has 1 atom stereocenters. The summed E-state index contributed by atoms with van der Waals surface area (Å²) in [6.45, 7) is 9.62. The average Bonchev–Trinajstić information content (AvgIpc) is 2.86. The number of para-hydroxylation sites is 1. The van der Waals surface area contributed by atoms with Gasteiger partial charge in [-0.05, 0) is 55.2 Å². The van der Waals surface area contributed by atoms with E-state index in [0.29, 0.717) is 18.2 Å². The largest absolute Gasteiger partial charge is 0.483 e. The van der Waals surface area contributed by atoms with Gasteiger partial charge in [0.2, 0.25) is 5.91 Å². The van der Waals surface area contributed by atoms with Crippen LogP contribution in [0.1, 0.15) is 38.7 Å². The second-order valence-electron chi connectivity index (χ2n) is 8.24. The Morgan fingerprint density at radius 3 is 2.45 bits per heavy atom. The Labute approximate surface area is 196 Å². The summed E-state index contributed by atoms with van der Waals surface area (Å²) >= 11 is 0. The van der Waals surface area contributed by atoms with Crippen LogP contribution < -0.4 is 15.0 Å². The van der Waals surface area contributed by atoms with Crippen LogP contribution in [-0.2, 0) is 14.3 Å². The zero-order valence-electron chi connectivity index (χ0n) is 19.9. The number of benzene rings is 2. The SMILES string of the molecule is CCC(C)c1ccccc1OCC(=O)N(CC)CC(=O)Nc1ccc(N2CCOCC2)cc1. The van der Waals surface area contributed by atoms with E-state index in [0.717, 1.165) is 49.7 Å². The Morgan fingerprint density at radius 2 is 1.79 bits per heavy atom. The highest BCUT2D eigenvalue weighted by Gasteiger charge is 2.18. The lowest BCUT2D eigenvalue weighted by molar-refractivity contribution is -0.136. The van der Waals surface area contributed by atoms with Crippen LogP contribution in [0, 0.1) is 0 Å². The maximum Gasteiger partial charge on any atom is 0.260 e. The average molecular weight is 454 g/mol. The molecular weight excluding hydrogens is 418 g/mol. The van der Waals surface area contributed by atoms with Gasteiger partial charge in [0.05, 0.1) is 19.8 Å². The third kappa shape index (κ3) is 6.96. The van der Waals surface area contributed by atoms with E-state index in [4.69, 9.17) is 9.47 Å². The summed E-state index contributed by atoms with van der Waals surface area (Å²) in [6, 6.07) is 15.6. The van der Waals surface area contributed by atoms with Gasteiger partial charge in [-0.3, -0.25) is 9.59 Å². The predicted molar refractivity (Wildman–Crippen MR) is 131 cm³/mol. The fourth-order valence-electron chi connectivity index (χ4n) is 3.80. The molecule has 7 heteroatoms. The minimum atomic E-state index is -0.232. The molecule has 3 rings (SSSR count). The minimum Gasteiger partial charge on any atom is -0.483 e. The van der Waals surface area contributed by atoms with E-state index in [1.165, 1.54) is 4.90 Å². The highest BCUT2D eigenvalue weighted by atomic mass is 16.5. The van der Waals surface area contributed by atoms with Crippen molar-refractivity contribution in [2.45, 2.75) is 33.1 Å². The van der Waals surface area contributed by atoms with Crippen LogP contribution in [0.2, 0.25) is 0 Å². The number of rotatable bonds is 10. The van der Waals surface area contributed by atoms with E-state index >= 15 is 0 Å². The molecule has 1 aliphatic heterocycles. The summed E-state index contributed by atoms with van der Waals surface area (Å²) < 4.78 is 11.2. The van der Waals surface area contributed by atoms with Gasteiger partial charge in [0.15, 0.2) is 6.61 Å². The maximum atomic E-state index is 12.7. The predicted octanol–water partition coefficient (Wildman–Crippen LogP) is 3.90. The number of hydrogen-bond acceptors (Lipinski definition) is 5. The summed E-state index contributed by atoms with van der Waals surface area (Å²) in [6.07, 6.45) is 0.989. The molecule has 0 radical (unpaired) electrons. The van der Waals surface area contributed by atoms with Gasteiger partial charge in [-0.15, -0.1) is 0 Å². The van der Waals surface area contributed by atoms with E-state index in [1.807, 2.05) is 55.5 Å². The standard InChI is InChI=1S/C26H35N3O4/c1-4-20(3)23-8-6-7-9-24(23)33-19-26(31)28(5-2)18-25(30)27-21-10-12-22(13-11-21)29-14-16-32-17-15-29/h6-13,20H,4-5,14-19H2,1-3H3,(H,27,30). The van der Waals surface area contributed by atoms with Crippen LogP contribution in [0.25, 0.3) is 0 Å². The first-order valence-corrected chi connectivity index (χ1v) is 11.7. The van der Waals surface area contributed by atoms with Gasteiger partial charge in [-0.1, -0.05) is 32.0 Å². The number of anilines is 2. The van der Waals surface area contributed by atoms with E-state index in [1.54, 1.807) is 0 Å². The second kappa shape index (κ2) is 12.3. The molecule has 0 bridgehead atoms. The zero-order chi connectivity index (χ0) is 23.6. The summed E-state index contributed by atoms with van der Waals surface area (Å²) in [7, 11) is 0. The number of hydrogen-bond donors (Lipinski definition) is 1. The van der Waals surface area contributed by atoms with Crippen LogP contribution in [0.5, 0.6) is 5.75 Å². The third-order valence-corrected chi connectivity index (χ3v) is 6.01. The summed E-state index contributed by atoms with van der Waals surface area (Å²) in [5, 5.41) is 2.88. The second-order valence-corrected chi connectivity index (χ2v) is 8.24. The lowest BCUT2D eigenvalue weighted by atomic mass is 9.98. The molecule has 0 saturated carbocycles. The molecule has 1 fully saturated rings. The highest BCUT2D eigenvalue weighted by Crippen LogP contribution is 2.28. The number of likely N-dealkylation sites (N-methyl/N-ethyl adjacent to an activating group) is 1.